The molecule has 0 bridgehead atoms. The minimum atomic E-state index is -4.79. The van der Waals surface area contributed by atoms with Crippen molar-refractivity contribution in [1.29, 1.82) is 0 Å². The second-order valence-electron chi connectivity index (χ2n) is 5.97. The van der Waals surface area contributed by atoms with E-state index in [0.29, 0.717) is 12.1 Å². The van der Waals surface area contributed by atoms with Gasteiger partial charge in [0, 0.05) is 6.54 Å². The van der Waals surface area contributed by atoms with Crippen molar-refractivity contribution < 1.29 is 32.2 Å². The first-order valence-electron chi connectivity index (χ1n) is 6.92. The molecule has 0 unspecified atom stereocenters. The smallest absolute Gasteiger partial charge is 0.419 e. The van der Waals surface area contributed by atoms with Crippen LogP contribution in [0.4, 0.5) is 22.4 Å². The maximum Gasteiger partial charge on any atom is 0.419 e. The summed E-state index contributed by atoms with van der Waals surface area (Å²) in [5, 5.41) is 12.2. The van der Waals surface area contributed by atoms with Crippen molar-refractivity contribution in [2.45, 2.75) is 45.1 Å². The Labute approximate surface area is 131 Å². The molecule has 0 spiro atoms. The third-order valence-electron chi connectivity index (χ3n) is 2.77. The molecule has 8 heteroatoms. The number of amides is 1. The molecule has 1 amide bonds. The van der Waals surface area contributed by atoms with Gasteiger partial charge in [0.25, 0.3) is 0 Å². The van der Waals surface area contributed by atoms with Crippen molar-refractivity contribution in [2.24, 2.45) is 0 Å². The highest BCUT2D eigenvalue weighted by Crippen LogP contribution is 2.32. The lowest BCUT2D eigenvalue weighted by molar-refractivity contribution is -0.140. The van der Waals surface area contributed by atoms with Gasteiger partial charge in [-0.3, -0.25) is 0 Å². The topological polar surface area (TPSA) is 58.6 Å². The molecule has 4 nitrogen and oxygen atoms in total. The lowest BCUT2D eigenvalue weighted by Gasteiger charge is -2.20. The van der Waals surface area contributed by atoms with E-state index in [-0.39, 0.29) is 18.5 Å². The summed E-state index contributed by atoms with van der Waals surface area (Å²) in [6.45, 7) is 5.09. The van der Waals surface area contributed by atoms with E-state index in [4.69, 9.17) is 4.74 Å². The van der Waals surface area contributed by atoms with Crippen LogP contribution in [0.5, 0.6) is 0 Å². The molecule has 1 rings (SSSR count). The fraction of sp³-hybridized carbons (Fsp3) is 0.533. The van der Waals surface area contributed by atoms with Crippen LogP contribution in [0.1, 0.15) is 44.4 Å². The number of alkyl carbamates (subject to hydrolysis) is 1. The van der Waals surface area contributed by atoms with Gasteiger partial charge in [-0.15, -0.1) is 0 Å². The maximum absolute atomic E-state index is 13.4. The summed E-state index contributed by atoms with van der Waals surface area (Å²) in [4.78, 5) is 11.4. The Hall–Kier alpha value is -1.83. The lowest BCUT2D eigenvalue weighted by atomic mass is 10.0. The molecular formula is C15H19F4NO3. The number of halogens is 4. The number of hydrogen-bond donors (Lipinski definition) is 2. The quantitative estimate of drug-likeness (QED) is 0.822. The van der Waals surface area contributed by atoms with Gasteiger partial charge in [-0.2, -0.15) is 13.2 Å². The first kappa shape index (κ1) is 19.2. The van der Waals surface area contributed by atoms with Crippen molar-refractivity contribution in [1.82, 2.24) is 5.32 Å². The van der Waals surface area contributed by atoms with Crippen LogP contribution < -0.4 is 5.32 Å². The number of ether oxygens (including phenoxy) is 1. The highest BCUT2D eigenvalue weighted by atomic mass is 19.4. The number of benzene rings is 1. The van der Waals surface area contributed by atoms with Gasteiger partial charge in [0.1, 0.15) is 11.4 Å². The van der Waals surface area contributed by atoms with E-state index in [0.717, 1.165) is 6.07 Å². The predicted molar refractivity (Wildman–Crippen MR) is 75.2 cm³/mol. The van der Waals surface area contributed by atoms with E-state index in [1.807, 2.05) is 0 Å². The van der Waals surface area contributed by atoms with Crippen LogP contribution in [0.25, 0.3) is 0 Å². The van der Waals surface area contributed by atoms with E-state index < -0.39 is 35.4 Å². The Morgan fingerprint density at radius 2 is 1.91 bits per heavy atom. The van der Waals surface area contributed by atoms with Crippen LogP contribution in [0, 0.1) is 5.82 Å². The molecule has 0 aliphatic rings. The van der Waals surface area contributed by atoms with Gasteiger partial charge in [0.2, 0.25) is 0 Å². The van der Waals surface area contributed by atoms with Crippen LogP contribution in [-0.4, -0.2) is 23.3 Å². The molecular weight excluding hydrogens is 318 g/mol. The van der Waals surface area contributed by atoms with Crippen molar-refractivity contribution in [3.05, 3.63) is 35.1 Å². The molecule has 2 N–H and O–H groups in total. The Kier molecular flexibility index (Phi) is 5.98. The molecule has 0 saturated carbocycles. The van der Waals surface area contributed by atoms with E-state index in [1.165, 1.54) is 0 Å². The molecule has 0 aromatic heterocycles. The van der Waals surface area contributed by atoms with Crippen molar-refractivity contribution >= 4 is 6.09 Å². The average molecular weight is 337 g/mol. The number of nitrogens with one attached hydrogen (secondary N) is 1. The molecule has 1 atom stereocenters. The van der Waals surface area contributed by atoms with E-state index >= 15 is 0 Å². The van der Waals surface area contributed by atoms with Crippen molar-refractivity contribution in [3.63, 3.8) is 0 Å². The van der Waals surface area contributed by atoms with Gasteiger partial charge < -0.3 is 15.2 Å². The normalized spacial score (nSPS) is 13.6. The molecule has 1 aromatic rings. The van der Waals surface area contributed by atoms with Gasteiger partial charge in [-0.1, -0.05) is 6.07 Å². The fourth-order valence-electron chi connectivity index (χ4n) is 1.76. The second kappa shape index (κ2) is 7.16. The highest BCUT2D eigenvalue weighted by Gasteiger charge is 2.34. The second-order valence-corrected chi connectivity index (χ2v) is 5.97. The first-order valence-corrected chi connectivity index (χ1v) is 6.92. The summed E-state index contributed by atoms with van der Waals surface area (Å²) in [7, 11) is 0. The third kappa shape index (κ3) is 6.43. The van der Waals surface area contributed by atoms with Crippen LogP contribution in [0.3, 0.4) is 0 Å². The summed E-state index contributed by atoms with van der Waals surface area (Å²) < 4.78 is 55.7. The first-order chi connectivity index (χ1) is 10.4. The van der Waals surface area contributed by atoms with Crippen molar-refractivity contribution in [2.75, 3.05) is 6.54 Å². The number of hydrogen-bond acceptors (Lipinski definition) is 3. The minimum absolute atomic E-state index is 0.00138. The third-order valence-corrected chi connectivity index (χ3v) is 2.77. The number of carbonyl (C=O) groups excluding carboxylic acids is 1. The fourth-order valence-corrected chi connectivity index (χ4v) is 1.76. The molecule has 0 heterocycles. The number of alkyl halides is 3. The van der Waals surface area contributed by atoms with Crippen LogP contribution in [-0.2, 0) is 10.9 Å². The molecule has 130 valence electrons. The Morgan fingerprint density at radius 3 is 2.39 bits per heavy atom. The summed E-state index contributed by atoms with van der Waals surface area (Å²) >= 11 is 0. The highest BCUT2D eigenvalue weighted by molar-refractivity contribution is 5.67. The van der Waals surface area contributed by atoms with Crippen LogP contribution in [0.15, 0.2) is 18.2 Å². The van der Waals surface area contributed by atoms with E-state index in [9.17, 15) is 27.5 Å². The molecule has 0 fully saturated rings. The van der Waals surface area contributed by atoms with E-state index in [1.54, 1.807) is 20.8 Å². The number of aliphatic hydroxyl groups excluding tert-OH is 1. The minimum Gasteiger partial charge on any atom is -0.444 e. The lowest BCUT2D eigenvalue weighted by Crippen LogP contribution is -2.33. The van der Waals surface area contributed by atoms with Crippen LogP contribution in [0.2, 0.25) is 0 Å². The standard InChI is InChI=1S/C15H19F4NO3/c1-14(2,3)23-13(22)20-7-6-12(21)9-4-5-10(11(16)8-9)15(17,18)19/h4-5,8,12,21H,6-7H2,1-3H3,(H,20,22)/t12-/m0/s1. The van der Waals surface area contributed by atoms with Gasteiger partial charge in [-0.05, 0) is 44.9 Å². The number of rotatable bonds is 4. The average Bonchev–Trinajstić information content (AvgIpc) is 2.34. The molecule has 0 aliphatic heterocycles. The molecule has 23 heavy (non-hydrogen) atoms. The van der Waals surface area contributed by atoms with Crippen LogP contribution >= 0.6 is 0 Å². The van der Waals surface area contributed by atoms with Gasteiger partial charge in [-0.25, -0.2) is 9.18 Å². The Bertz CT molecular complexity index is 553. The summed E-state index contributed by atoms with van der Waals surface area (Å²) in [5.41, 5.74) is -2.05. The van der Waals surface area contributed by atoms with Gasteiger partial charge >= 0.3 is 12.3 Å². The van der Waals surface area contributed by atoms with Gasteiger partial charge in [0.05, 0.1) is 11.7 Å². The van der Waals surface area contributed by atoms with E-state index in [2.05, 4.69) is 5.32 Å². The van der Waals surface area contributed by atoms with Gasteiger partial charge in [0.15, 0.2) is 0 Å². The monoisotopic (exact) mass is 337 g/mol. The number of carbonyl (C=O) groups is 1. The van der Waals surface area contributed by atoms with Crippen molar-refractivity contribution in [3.8, 4) is 0 Å². The zero-order valence-electron chi connectivity index (χ0n) is 13.0. The molecule has 0 saturated heterocycles. The Morgan fingerprint density at radius 1 is 1.30 bits per heavy atom. The molecule has 0 aliphatic carbocycles. The maximum atomic E-state index is 13.4. The summed E-state index contributed by atoms with van der Waals surface area (Å²) in [5.74, 6) is -1.45. The largest absolute Gasteiger partial charge is 0.444 e. The number of aliphatic hydroxyl groups is 1. The SMILES string of the molecule is CC(C)(C)OC(=O)NCC[C@H](O)c1ccc(C(F)(F)F)c(F)c1. The molecule has 1 aromatic carbocycles. The zero-order valence-corrected chi connectivity index (χ0v) is 13.0. The predicted octanol–water partition coefficient (Wildman–Crippen LogP) is 3.79. The summed E-state index contributed by atoms with van der Waals surface area (Å²) in [6, 6.07) is 2.22. The molecule has 0 radical (unpaired) electrons. The zero-order chi connectivity index (χ0) is 17.8. The Balaban J connectivity index is 2.57. The summed E-state index contributed by atoms with van der Waals surface area (Å²) in [6.07, 6.45) is -6.67.